The summed E-state index contributed by atoms with van der Waals surface area (Å²) in [6.07, 6.45) is 1.02. The van der Waals surface area contributed by atoms with Crippen molar-refractivity contribution in [1.82, 2.24) is 4.90 Å². The highest BCUT2D eigenvalue weighted by Crippen LogP contribution is 2.34. The Morgan fingerprint density at radius 2 is 2.00 bits per heavy atom. The molecule has 0 saturated heterocycles. The molecule has 0 spiro atoms. The zero-order valence-corrected chi connectivity index (χ0v) is 12.9. The molecule has 0 aromatic heterocycles. The number of nitrogens with two attached hydrogens (primary N) is 1. The van der Waals surface area contributed by atoms with Gasteiger partial charge in [0, 0.05) is 6.04 Å². The summed E-state index contributed by atoms with van der Waals surface area (Å²) < 4.78 is 5.63. The molecule has 1 atom stereocenters. The molecule has 1 aliphatic heterocycles. The SMILES string of the molecule is CCCOc1ccc(C2(C)CN=C(N)N2C(C)C)cc1. The predicted octanol–water partition coefficient (Wildman–Crippen LogP) is 2.73. The van der Waals surface area contributed by atoms with Gasteiger partial charge in [-0.25, -0.2) is 0 Å². The topological polar surface area (TPSA) is 50.9 Å². The van der Waals surface area contributed by atoms with E-state index in [1.807, 2.05) is 12.1 Å². The molecule has 110 valence electrons. The summed E-state index contributed by atoms with van der Waals surface area (Å²) >= 11 is 0. The van der Waals surface area contributed by atoms with Gasteiger partial charge in [0.15, 0.2) is 5.96 Å². The Morgan fingerprint density at radius 1 is 1.35 bits per heavy atom. The number of guanidine groups is 1. The molecule has 2 rings (SSSR count). The molecule has 4 heteroatoms. The van der Waals surface area contributed by atoms with Gasteiger partial charge >= 0.3 is 0 Å². The van der Waals surface area contributed by atoms with E-state index in [-0.39, 0.29) is 5.54 Å². The maximum Gasteiger partial charge on any atom is 0.192 e. The number of ether oxygens (including phenoxy) is 1. The minimum atomic E-state index is -0.165. The average Bonchev–Trinajstić information content (AvgIpc) is 2.74. The molecule has 1 heterocycles. The van der Waals surface area contributed by atoms with Gasteiger partial charge in [-0.2, -0.15) is 0 Å². The molecule has 0 amide bonds. The third kappa shape index (κ3) is 2.60. The fourth-order valence-electron chi connectivity index (χ4n) is 2.84. The van der Waals surface area contributed by atoms with Crippen LogP contribution in [0.15, 0.2) is 29.3 Å². The lowest BCUT2D eigenvalue weighted by molar-refractivity contribution is 0.185. The van der Waals surface area contributed by atoms with Gasteiger partial charge in [-0.05, 0) is 44.9 Å². The molecule has 1 aromatic carbocycles. The molecule has 0 bridgehead atoms. The normalized spacial score (nSPS) is 22.2. The van der Waals surface area contributed by atoms with E-state index in [0.717, 1.165) is 18.8 Å². The maximum atomic E-state index is 6.04. The van der Waals surface area contributed by atoms with E-state index in [9.17, 15) is 0 Å². The highest BCUT2D eigenvalue weighted by molar-refractivity contribution is 5.81. The largest absolute Gasteiger partial charge is 0.494 e. The van der Waals surface area contributed by atoms with Gasteiger partial charge in [0.25, 0.3) is 0 Å². The first-order valence-electron chi connectivity index (χ1n) is 7.31. The molecule has 1 unspecified atom stereocenters. The second-order valence-electron chi connectivity index (χ2n) is 5.78. The van der Waals surface area contributed by atoms with E-state index in [4.69, 9.17) is 10.5 Å². The van der Waals surface area contributed by atoms with Crippen LogP contribution in [0.4, 0.5) is 0 Å². The van der Waals surface area contributed by atoms with Crippen molar-refractivity contribution in [2.45, 2.75) is 45.7 Å². The molecule has 1 aromatic rings. The number of aliphatic imine (C=N–C) groups is 1. The van der Waals surface area contributed by atoms with E-state index in [2.05, 4.69) is 49.7 Å². The zero-order valence-electron chi connectivity index (χ0n) is 12.9. The molecule has 4 nitrogen and oxygen atoms in total. The first-order chi connectivity index (χ1) is 9.49. The van der Waals surface area contributed by atoms with Crippen LogP contribution in [0.3, 0.4) is 0 Å². The number of rotatable bonds is 5. The fraction of sp³-hybridized carbons (Fsp3) is 0.562. The number of hydrogen-bond donors (Lipinski definition) is 1. The molecular weight excluding hydrogens is 250 g/mol. The van der Waals surface area contributed by atoms with E-state index < -0.39 is 0 Å². The van der Waals surface area contributed by atoms with Crippen LogP contribution in [-0.2, 0) is 5.54 Å². The number of benzene rings is 1. The highest BCUT2D eigenvalue weighted by Gasteiger charge is 2.40. The standard InChI is InChI=1S/C16H25N3O/c1-5-10-20-14-8-6-13(7-9-14)16(4)11-18-15(17)19(16)12(2)3/h6-9,12H,5,10-11H2,1-4H3,(H2,17,18). The minimum Gasteiger partial charge on any atom is -0.494 e. The van der Waals surface area contributed by atoms with Gasteiger partial charge in [0.05, 0.1) is 18.7 Å². The Bertz CT molecular complexity index is 481. The van der Waals surface area contributed by atoms with Crippen LogP contribution in [0.5, 0.6) is 5.75 Å². The van der Waals surface area contributed by atoms with Crippen molar-refractivity contribution in [2.75, 3.05) is 13.2 Å². The Hall–Kier alpha value is -1.71. The summed E-state index contributed by atoms with van der Waals surface area (Å²) in [4.78, 5) is 6.62. The highest BCUT2D eigenvalue weighted by atomic mass is 16.5. The average molecular weight is 275 g/mol. The molecular formula is C16H25N3O. The van der Waals surface area contributed by atoms with Crippen LogP contribution in [0.2, 0.25) is 0 Å². The van der Waals surface area contributed by atoms with E-state index in [1.165, 1.54) is 5.56 Å². The van der Waals surface area contributed by atoms with Crippen molar-refractivity contribution in [1.29, 1.82) is 0 Å². The first kappa shape index (κ1) is 14.7. The van der Waals surface area contributed by atoms with Gasteiger partial charge in [-0.3, -0.25) is 4.99 Å². The smallest absolute Gasteiger partial charge is 0.192 e. The lowest BCUT2D eigenvalue weighted by Crippen LogP contribution is -2.50. The van der Waals surface area contributed by atoms with Crippen LogP contribution in [0.25, 0.3) is 0 Å². The van der Waals surface area contributed by atoms with Crippen molar-refractivity contribution < 1.29 is 4.74 Å². The van der Waals surface area contributed by atoms with E-state index in [0.29, 0.717) is 18.5 Å². The van der Waals surface area contributed by atoms with Gasteiger partial charge in [-0.1, -0.05) is 19.1 Å². The summed E-state index contributed by atoms with van der Waals surface area (Å²) in [6.45, 7) is 10.0. The lowest BCUT2D eigenvalue weighted by Gasteiger charge is -2.39. The summed E-state index contributed by atoms with van der Waals surface area (Å²) in [7, 11) is 0. The number of hydrogen-bond acceptors (Lipinski definition) is 4. The minimum absolute atomic E-state index is 0.165. The van der Waals surface area contributed by atoms with Crippen molar-refractivity contribution in [3.05, 3.63) is 29.8 Å². The van der Waals surface area contributed by atoms with Crippen LogP contribution in [0.1, 0.15) is 39.7 Å². The third-order valence-electron chi connectivity index (χ3n) is 3.79. The van der Waals surface area contributed by atoms with Crippen molar-refractivity contribution in [3.63, 3.8) is 0 Å². The predicted molar refractivity (Wildman–Crippen MR) is 83.0 cm³/mol. The Labute approximate surface area is 121 Å². The maximum absolute atomic E-state index is 6.04. The number of nitrogens with zero attached hydrogens (tertiary/aromatic N) is 2. The summed E-state index contributed by atoms with van der Waals surface area (Å²) in [5, 5.41) is 0. The Balaban J connectivity index is 2.22. The van der Waals surface area contributed by atoms with Crippen LogP contribution < -0.4 is 10.5 Å². The van der Waals surface area contributed by atoms with Gasteiger partial charge in [-0.15, -0.1) is 0 Å². The quantitative estimate of drug-likeness (QED) is 0.899. The van der Waals surface area contributed by atoms with Crippen molar-refractivity contribution in [3.8, 4) is 5.75 Å². The third-order valence-corrected chi connectivity index (χ3v) is 3.79. The van der Waals surface area contributed by atoms with Gasteiger partial charge < -0.3 is 15.4 Å². The molecule has 0 radical (unpaired) electrons. The first-order valence-corrected chi connectivity index (χ1v) is 7.31. The second-order valence-corrected chi connectivity index (χ2v) is 5.78. The van der Waals surface area contributed by atoms with Crippen LogP contribution >= 0.6 is 0 Å². The van der Waals surface area contributed by atoms with E-state index >= 15 is 0 Å². The van der Waals surface area contributed by atoms with Crippen molar-refractivity contribution >= 4 is 5.96 Å². The zero-order chi connectivity index (χ0) is 14.8. The molecule has 0 aliphatic carbocycles. The fourth-order valence-corrected chi connectivity index (χ4v) is 2.84. The summed E-state index contributed by atoms with van der Waals surface area (Å²) in [5.74, 6) is 1.55. The Kier molecular flexibility index (Phi) is 4.21. The molecule has 20 heavy (non-hydrogen) atoms. The van der Waals surface area contributed by atoms with Gasteiger partial charge in [0.1, 0.15) is 5.75 Å². The molecule has 1 aliphatic rings. The molecule has 2 N–H and O–H groups in total. The van der Waals surface area contributed by atoms with Gasteiger partial charge in [0.2, 0.25) is 0 Å². The van der Waals surface area contributed by atoms with Crippen LogP contribution in [-0.4, -0.2) is 30.1 Å². The monoisotopic (exact) mass is 275 g/mol. The molecule has 0 saturated carbocycles. The van der Waals surface area contributed by atoms with Crippen LogP contribution in [0, 0.1) is 0 Å². The summed E-state index contributed by atoms with van der Waals surface area (Å²) in [5.41, 5.74) is 7.10. The Morgan fingerprint density at radius 3 is 2.55 bits per heavy atom. The second kappa shape index (κ2) is 5.73. The van der Waals surface area contributed by atoms with E-state index in [1.54, 1.807) is 0 Å². The van der Waals surface area contributed by atoms with Crippen molar-refractivity contribution in [2.24, 2.45) is 10.7 Å². The summed E-state index contributed by atoms with van der Waals surface area (Å²) in [6, 6.07) is 8.62. The molecule has 0 fully saturated rings. The lowest BCUT2D eigenvalue weighted by atomic mass is 9.90.